The molecule has 0 N–H and O–H groups in total. The van der Waals surface area contributed by atoms with Crippen LogP contribution in [0.25, 0.3) is 0 Å². The van der Waals surface area contributed by atoms with Crippen LogP contribution in [0.2, 0.25) is 0 Å². The van der Waals surface area contributed by atoms with Crippen LogP contribution in [0.5, 0.6) is 0 Å². The van der Waals surface area contributed by atoms with Gasteiger partial charge in [0.25, 0.3) is 0 Å². The molecule has 0 amide bonds. The molecular weight excluding hydrogens is 344 g/mol. The molecular formula is C26H50O2. The highest BCUT2D eigenvalue weighted by atomic mass is 16.5. The fraction of sp³-hybridized carbons (Fsp3) is 0.885. The lowest BCUT2D eigenvalue weighted by Crippen LogP contribution is -2.05. The summed E-state index contributed by atoms with van der Waals surface area (Å²) in [7, 11) is 0. The maximum atomic E-state index is 11.2. The summed E-state index contributed by atoms with van der Waals surface area (Å²) in [5.74, 6) is 0.678. The van der Waals surface area contributed by atoms with E-state index < -0.39 is 0 Å². The second-order valence-corrected chi connectivity index (χ2v) is 8.90. The van der Waals surface area contributed by atoms with Crippen LogP contribution in [0.1, 0.15) is 136 Å². The molecule has 0 heterocycles. The molecule has 0 radical (unpaired) electrons. The third-order valence-corrected chi connectivity index (χ3v) is 5.72. The lowest BCUT2D eigenvalue weighted by Gasteiger charge is -2.11. The number of carbonyl (C=O) groups is 1. The van der Waals surface area contributed by atoms with Crippen molar-refractivity contribution >= 4 is 5.97 Å². The average molecular weight is 395 g/mol. The Hall–Kier alpha value is -0.790. The van der Waals surface area contributed by atoms with E-state index in [1.807, 2.05) is 0 Å². The molecule has 0 rings (SSSR count). The van der Waals surface area contributed by atoms with Crippen LogP contribution in [-0.4, -0.2) is 12.6 Å². The minimum atomic E-state index is -0.253. The number of ether oxygens (including phenoxy) is 1. The van der Waals surface area contributed by atoms with Crippen LogP contribution in [0.3, 0.4) is 0 Å². The van der Waals surface area contributed by atoms with Crippen molar-refractivity contribution < 1.29 is 9.53 Å². The minimum Gasteiger partial charge on any atom is -0.462 e. The molecule has 0 aromatic carbocycles. The molecule has 0 saturated carbocycles. The average Bonchev–Trinajstić information content (AvgIpc) is 2.67. The summed E-state index contributed by atoms with van der Waals surface area (Å²) in [6, 6.07) is 0. The second kappa shape index (κ2) is 20.9. The molecule has 0 saturated heterocycles. The van der Waals surface area contributed by atoms with Crippen molar-refractivity contribution in [3.63, 3.8) is 0 Å². The molecule has 0 aromatic rings. The van der Waals surface area contributed by atoms with Crippen molar-refractivity contribution in [1.82, 2.24) is 0 Å². The van der Waals surface area contributed by atoms with Gasteiger partial charge in [-0.1, -0.05) is 130 Å². The molecule has 0 aromatic heterocycles. The van der Waals surface area contributed by atoms with Gasteiger partial charge in [-0.15, -0.1) is 0 Å². The maximum absolute atomic E-state index is 11.2. The van der Waals surface area contributed by atoms with Crippen molar-refractivity contribution in [3.05, 3.63) is 12.2 Å². The van der Waals surface area contributed by atoms with Gasteiger partial charge < -0.3 is 4.74 Å². The number of hydrogen-bond acceptors (Lipinski definition) is 2. The number of hydrogen-bond donors (Lipinski definition) is 0. The summed E-state index contributed by atoms with van der Waals surface area (Å²) in [5.41, 5.74) is 0.493. The van der Waals surface area contributed by atoms with Crippen molar-refractivity contribution in [3.8, 4) is 0 Å². The van der Waals surface area contributed by atoms with Crippen molar-refractivity contribution in [2.45, 2.75) is 136 Å². The fourth-order valence-corrected chi connectivity index (χ4v) is 3.71. The topological polar surface area (TPSA) is 26.3 Å². The van der Waals surface area contributed by atoms with Gasteiger partial charge in [-0.25, -0.2) is 4.79 Å². The third-order valence-electron chi connectivity index (χ3n) is 5.72. The summed E-state index contributed by atoms with van der Waals surface area (Å²) in [4.78, 5) is 11.2. The maximum Gasteiger partial charge on any atom is 0.333 e. The SMILES string of the molecule is C=C(C)C(=O)OCCCCCCCCCCCCC(C)CCCCCCCC. The van der Waals surface area contributed by atoms with Gasteiger partial charge in [0.05, 0.1) is 6.61 Å². The standard InChI is InChI=1S/C26H50O2/c1-5-6-7-8-15-18-21-25(4)22-19-16-13-11-9-10-12-14-17-20-23-28-26(27)24(2)3/h25H,2,5-23H2,1,3-4H3. The molecule has 0 aliphatic rings. The Morgan fingerprint density at radius 3 is 1.54 bits per heavy atom. The first-order valence-electron chi connectivity index (χ1n) is 12.4. The number of unbranched alkanes of at least 4 members (excludes halogenated alkanes) is 14. The lowest BCUT2D eigenvalue weighted by molar-refractivity contribution is -0.139. The first-order valence-corrected chi connectivity index (χ1v) is 12.4. The highest BCUT2D eigenvalue weighted by Crippen LogP contribution is 2.18. The Balaban J connectivity index is 3.18. The van der Waals surface area contributed by atoms with Gasteiger partial charge in [-0.2, -0.15) is 0 Å². The molecule has 0 spiro atoms. The first-order chi connectivity index (χ1) is 13.6. The molecule has 0 aliphatic heterocycles. The van der Waals surface area contributed by atoms with Crippen LogP contribution in [0.15, 0.2) is 12.2 Å². The van der Waals surface area contributed by atoms with E-state index in [9.17, 15) is 4.79 Å². The molecule has 0 aliphatic carbocycles. The highest BCUT2D eigenvalue weighted by molar-refractivity contribution is 5.86. The number of rotatable bonds is 21. The largest absolute Gasteiger partial charge is 0.462 e. The van der Waals surface area contributed by atoms with Crippen LogP contribution in [0, 0.1) is 5.92 Å². The molecule has 2 heteroatoms. The smallest absolute Gasteiger partial charge is 0.333 e. The van der Waals surface area contributed by atoms with Gasteiger partial charge in [-0.05, 0) is 19.3 Å². The number of esters is 1. The predicted molar refractivity (Wildman–Crippen MR) is 124 cm³/mol. The zero-order valence-electron chi connectivity index (χ0n) is 19.5. The quantitative estimate of drug-likeness (QED) is 0.110. The Morgan fingerprint density at radius 1 is 0.714 bits per heavy atom. The molecule has 0 bridgehead atoms. The van der Waals surface area contributed by atoms with E-state index in [1.165, 1.54) is 109 Å². The Morgan fingerprint density at radius 2 is 1.11 bits per heavy atom. The van der Waals surface area contributed by atoms with E-state index in [0.29, 0.717) is 12.2 Å². The summed E-state index contributed by atoms with van der Waals surface area (Å²) < 4.78 is 5.11. The minimum absolute atomic E-state index is 0.253. The number of carbonyl (C=O) groups excluding carboxylic acids is 1. The van der Waals surface area contributed by atoms with Gasteiger partial charge in [0.15, 0.2) is 0 Å². The van der Waals surface area contributed by atoms with Gasteiger partial charge in [0.1, 0.15) is 0 Å². The van der Waals surface area contributed by atoms with Crippen molar-refractivity contribution in [2.24, 2.45) is 5.92 Å². The van der Waals surface area contributed by atoms with Gasteiger partial charge in [-0.3, -0.25) is 0 Å². The van der Waals surface area contributed by atoms with E-state index in [4.69, 9.17) is 4.74 Å². The van der Waals surface area contributed by atoms with Gasteiger partial charge in [0.2, 0.25) is 0 Å². The van der Waals surface area contributed by atoms with E-state index in [-0.39, 0.29) is 5.97 Å². The van der Waals surface area contributed by atoms with Gasteiger partial charge in [0, 0.05) is 5.57 Å². The molecule has 0 fully saturated rings. The zero-order valence-corrected chi connectivity index (χ0v) is 19.5. The normalized spacial score (nSPS) is 12.1. The van der Waals surface area contributed by atoms with E-state index in [0.717, 1.165) is 12.3 Å². The Bertz CT molecular complexity index is 361. The summed E-state index contributed by atoms with van der Waals surface area (Å²) in [6.45, 7) is 10.6. The summed E-state index contributed by atoms with van der Waals surface area (Å²) >= 11 is 0. The Labute approximate surface area is 176 Å². The molecule has 2 nitrogen and oxygen atoms in total. The lowest BCUT2D eigenvalue weighted by atomic mass is 9.96. The highest BCUT2D eigenvalue weighted by Gasteiger charge is 2.03. The molecule has 1 unspecified atom stereocenters. The van der Waals surface area contributed by atoms with E-state index in [2.05, 4.69) is 20.4 Å². The van der Waals surface area contributed by atoms with E-state index in [1.54, 1.807) is 6.92 Å². The third kappa shape index (κ3) is 20.0. The first kappa shape index (κ1) is 27.2. The predicted octanol–water partition coefficient (Wildman–Crippen LogP) is 8.78. The van der Waals surface area contributed by atoms with Crippen LogP contribution in [0.4, 0.5) is 0 Å². The second-order valence-electron chi connectivity index (χ2n) is 8.90. The summed E-state index contributed by atoms with van der Waals surface area (Å²) in [6.07, 6.45) is 24.6. The van der Waals surface area contributed by atoms with Crippen molar-refractivity contribution in [2.75, 3.05) is 6.61 Å². The monoisotopic (exact) mass is 394 g/mol. The zero-order chi connectivity index (χ0) is 20.9. The van der Waals surface area contributed by atoms with E-state index >= 15 is 0 Å². The summed E-state index contributed by atoms with van der Waals surface area (Å²) in [5, 5.41) is 0. The Kier molecular flexibility index (Phi) is 20.3. The molecule has 1 atom stereocenters. The van der Waals surface area contributed by atoms with Crippen LogP contribution in [-0.2, 0) is 9.53 Å². The van der Waals surface area contributed by atoms with Crippen LogP contribution < -0.4 is 0 Å². The van der Waals surface area contributed by atoms with Crippen LogP contribution >= 0.6 is 0 Å². The molecule has 28 heavy (non-hydrogen) atoms. The molecule has 166 valence electrons. The fourth-order valence-electron chi connectivity index (χ4n) is 3.71. The van der Waals surface area contributed by atoms with Crippen molar-refractivity contribution in [1.29, 1.82) is 0 Å². The van der Waals surface area contributed by atoms with Gasteiger partial charge >= 0.3 is 5.97 Å².